The maximum atomic E-state index is 15.0. The lowest BCUT2D eigenvalue weighted by Gasteiger charge is -2.18. The first kappa shape index (κ1) is 23.9. The van der Waals surface area contributed by atoms with Crippen molar-refractivity contribution in [3.05, 3.63) is 77.6 Å². The summed E-state index contributed by atoms with van der Waals surface area (Å²) in [6.45, 7) is 0.765. The van der Waals surface area contributed by atoms with Gasteiger partial charge in [-0.3, -0.25) is 14.6 Å². The molecule has 1 saturated carbocycles. The number of nitrogens with zero attached hydrogens (tertiary/aromatic N) is 3. The van der Waals surface area contributed by atoms with E-state index >= 15 is 0 Å². The molecule has 3 aromatic heterocycles. The lowest BCUT2D eigenvalue weighted by molar-refractivity contribution is -0.133. The molecule has 4 aromatic rings. The summed E-state index contributed by atoms with van der Waals surface area (Å²) in [7, 11) is 0. The van der Waals surface area contributed by atoms with E-state index in [2.05, 4.69) is 15.0 Å². The van der Waals surface area contributed by atoms with Gasteiger partial charge in [-0.15, -0.1) is 0 Å². The third-order valence-corrected chi connectivity index (χ3v) is 6.72. The monoisotopic (exact) mass is 517 g/mol. The Kier molecular flexibility index (Phi) is 5.94. The van der Waals surface area contributed by atoms with Crippen LogP contribution in [0.15, 0.2) is 54.9 Å². The molecule has 192 valence electrons. The van der Waals surface area contributed by atoms with Gasteiger partial charge in [0.1, 0.15) is 24.5 Å². The first-order valence-electron chi connectivity index (χ1n) is 12.1. The number of ether oxygens (including phenoxy) is 3. The predicted octanol–water partition coefficient (Wildman–Crippen LogP) is 4.57. The minimum Gasteiger partial charge on any atom is -0.484 e. The van der Waals surface area contributed by atoms with Gasteiger partial charge in [0.2, 0.25) is 0 Å². The number of carbonyl (C=O) groups is 2. The number of rotatable bonds is 8. The van der Waals surface area contributed by atoms with Crippen molar-refractivity contribution >= 4 is 22.6 Å². The molecule has 0 spiro atoms. The Morgan fingerprint density at radius 2 is 1.66 bits per heavy atom. The van der Waals surface area contributed by atoms with Gasteiger partial charge >= 0.3 is 0 Å². The molecule has 6 rings (SSSR count). The number of Topliss-reactive ketones (excluding diaryl/α,β-unsaturated/α-hetero) is 2. The van der Waals surface area contributed by atoms with Crippen LogP contribution in [0.5, 0.6) is 23.3 Å². The molecular formula is C28H21F2N3O5. The highest BCUT2D eigenvalue weighted by atomic mass is 19.1. The SMILES string of the molecule is O=C(Cc1ccc(F)cc1)C1(C(=O)Cc2cnc(Oc3ccnc4cc5c(nc34)OCCO5)c(F)c2)CC1. The van der Waals surface area contributed by atoms with Crippen LogP contribution in [0.1, 0.15) is 24.0 Å². The third-order valence-electron chi connectivity index (χ3n) is 6.72. The zero-order chi connectivity index (χ0) is 26.3. The van der Waals surface area contributed by atoms with Gasteiger partial charge in [-0.05, 0) is 42.2 Å². The molecule has 1 aromatic carbocycles. The van der Waals surface area contributed by atoms with Crippen molar-refractivity contribution in [2.24, 2.45) is 5.41 Å². The Hall–Kier alpha value is -4.47. The van der Waals surface area contributed by atoms with Crippen LogP contribution in [0.2, 0.25) is 0 Å². The molecule has 0 saturated heterocycles. The number of hydrogen-bond acceptors (Lipinski definition) is 8. The summed E-state index contributed by atoms with van der Waals surface area (Å²) in [6.07, 6.45) is 3.65. The average Bonchev–Trinajstić information content (AvgIpc) is 3.73. The van der Waals surface area contributed by atoms with E-state index in [4.69, 9.17) is 14.2 Å². The quantitative estimate of drug-likeness (QED) is 0.314. The number of carbonyl (C=O) groups excluding carboxylic acids is 2. The Morgan fingerprint density at radius 1 is 0.921 bits per heavy atom. The second-order valence-electron chi connectivity index (χ2n) is 9.31. The van der Waals surface area contributed by atoms with Crippen LogP contribution in [0, 0.1) is 17.0 Å². The van der Waals surface area contributed by atoms with Gasteiger partial charge in [0.05, 0.1) is 10.9 Å². The predicted molar refractivity (Wildman–Crippen MR) is 130 cm³/mol. The van der Waals surface area contributed by atoms with Crippen LogP contribution in [0.25, 0.3) is 11.0 Å². The van der Waals surface area contributed by atoms with Crippen molar-refractivity contribution < 1.29 is 32.6 Å². The van der Waals surface area contributed by atoms with E-state index in [0.29, 0.717) is 59.8 Å². The Labute approximate surface area is 215 Å². The topological polar surface area (TPSA) is 101 Å². The highest BCUT2D eigenvalue weighted by Crippen LogP contribution is 2.49. The zero-order valence-electron chi connectivity index (χ0n) is 20.1. The first-order chi connectivity index (χ1) is 18.4. The Balaban J connectivity index is 1.17. The van der Waals surface area contributed by atoms with Crippen LogP contribution in [0.3, 0.4) is 0 Å². The zero-order valence-corrected chi connectivity index (χ0v) is 20.1. The number of pyridine rings is 3. The molecule has 4 heterocycles. The van der Waals surface area contributed by atoms with Crippen LogP contribution in [-0.4, -0.2) is 39.7 Å². The molecule has 0 radical (unpaired) electrons. The molecule has 0 amide bonds. The normalized spacial score (nSPS) is 15.2. The second-order valence-corrected chi connectivity index (χ2v) is 9.31. The molecule has 2 aliphatic rings. The summed E-state index contributed by atoms with van der Waals surface area (Å²) in [5, 5.41) is 0. The van der Waals surface area contributed by atoms with E-state index in [0.717, 1.165) is 0 Å². The average molecular weight is 517 g/mol. The maximum absolute atomic E-state index is 15.0. The molecule has 1 aliphatic heterocycles. The first-order valence-corrected chi connectivity index (χ1v) is 12.1. The molecule has 0 bridgehead atoms. The summed E-state index contributed by atoms with van der Waals surface area (Å²) in [4.78, 5) is 38.6. The summed E-state index contributed by atoms with van der Waals surface area (Å²) in [6, 6.07) is 10.0. The van der Waals surface area contributed by atoms with Gasteiger partial charge in [-0.1, -0.05) is 12.1 Å². The molecule has 10 heteroatoms. The Morgan fingerprint density at radius 3 is 2.39 bits per heavy atom. The third kappa shape index (κ3) is 4.53. The van der Waals surface area contributed by atoms with Gasteiger partial charge in [0.15, 0.2) is 28.9 Å². The van der Waals surface area contributed by atoms with Crippen molar-refractivity contribution in [3.63, 3.8) is 0 Å². The van der Waals surface area contributed by atoms with Crippen LogP contribution in [-0.2, 0) is 22.4 Å². The van der Waals surface area contributed by atoms with Crippen LogP contribution < -0.4 is 14.2 Å². The fourth-order valence-corrected chi connectivity index (χ4v) is 4.48. The minimum atomic E-state index is -1.08. The number of aromatic nitrogens is 3. The van der Waals surface area contributed by atoms with E-state index in [-0.39, 0.29) is 36.0 Å². The van der Waals surface area contributed by atoms with Crippen molar-refractivity contribution in [3.8, 4) is 23.3 Å². The van der Waals surface area contributed by atoms with Crippen molar-refractivity contribution in [1.29, 1.82) is 0 Å². The number of fused-ring (bicyclic) bond motifs is 2. The minimum absolute atomic E-state index is 0.0414. The number of hydrogen-bond donors (Lipinski definition) is 0. The van der Waals surface area contributed by atoms with Gasteiger partial charge in [-0.25, -0.2) is 18.7 Å². The second kappa shape index (κ2) is 9.44. The van der Waals surface area contributed by atoms with Crippen molar-refractivity contribution in [2.75, 3.05) is 13.2 Å². The van der Waals surface area contributed by atoms with Gasteiger partial charge < -0.3 is 14.2 Å². The standard InChI is InChI=1S/C28H21F2N3O5/c29-18-3-1-16(2-4-18)12-23(34)28(6-7-28)24(35)13-17-11-19(30)26(32-15-17)38-21-5-8-31-20-14-22-27(33-25(20)21)37-10-9-36-22/h1-5,8,11,14-15H,6-7,9-10,12-13H2. The number of halogens is 2. The maximum Gasteiger partial charge on any atom is 0.257 e. The lowest BCUT2D eigenvalue weighted by Crippen LogP contribution is -2.29. The fraction of sp³-hybridized carbons (Fsp3) is 0.250. The smallest absolute Gasteiger partial charge is 0.257 e. The van der Waals surface area contributed by atoms with E-state index in [1.165, 1.54) is 48.8 Å². The van der Waals surface area contributed by atoms with Gasteiger partial charge in [0, 0.05) is 37.4 Å². The highest BCUT2D eigenvalue weighted by molar-refractivity contribution is 6.10. The van der Waals surface area contributed by atoms with Gasteiger partial charge in [-0.2, -0.15) is 0 Å². The molecule has 0 N–H and O–H groups in total. The van der Waals surface area contributed by atoms with E-state index in [1.54, 1.807) is 6.07 Å². The van der Waals surface area contributed by atoms with Crippen LogP contribution in [0.4, 0.5) is 8.78 Å². The fourth-order valence-electron chi connectivity index (χ4n) is 4.48. The van der Waals surface area contributed by atoms with E-state index in [9.17, 15) is 18.4 Å². The molecule has 1 fully saturated rings. The number of ketones is 2. The molecule has 1 aliphatic carbocycles. The summed E-state index contributed by atoms with van der Waals surface area (Å²) >= 11 is 0. The molecular weight excluding hydrogens is 496 g/mol. The van der Waals surface area contributed by atoms with Crippen molar-refractivity contribution in [2.45, 2.75) is 25.7 Å². The molecule has 0 atom stereocenters. The molecule has 8 nitrogen and oxygen atoms in total. The molecule has 0 unspecified atom stereocenters. The summed E-state index contributed by atoms with van der Waals surface area (Å²) in [5.41, 5.74) is 0.731. The lowest BCUT2D eigenvalue weighted by atomic mass is 9.88. The number of benzene rings is 1. The van der Waals surface area contributed by atoms with Gasteiger partial charge in [0.25, 0.3) is 11.8 Å². The summed E-state index contributed by atoms with van der Waals surface area (Å²) < 4.78 is 44.9. The van der Waals surface area contributed by atoms with Crippen molar-refractivity contribution in [1.82, 2.24) is 15.0 Å². The highest BCUT2D eigenvalue weighted by Gasteiger charge is 2.54. The summed E-state index contributed by atoms with van der Waals surface area (Å²) in [5.74, 6) is -0.948. The Bertz CT molecular complexity index is 1570. The van der Waals surface area contributed by atoms with Crippen LogP contribution >= 0.6 is 0 Å². The molecule has 38 heavy (non-hydrogen) atoms. The van der Waals surface area contributed by atoms with E-state index in [1.807, 2.05) is 0 Å². The van der Waals surface area contributed by atoms with E-state index < -0.39 is 17.0 Å². The largest absolute Gasteiger partial charge is 0.484 e.